The van der Waals surface area contributed by atoms with E-state index >= 15 is 0 Å². The second kappa shape index (κ2) is 7.14. The van der Waals surface area contributed by atoms with Crippen LogP contribution in [0.4, 0.5) is 5.69 Å². The molecule has 1 amide bonds. The largest absolute Gasteiger partial charge is 0.495 e. The van der Waals surface area contributed by atoms with E-state index < -0.39 is 0 Å². The van der Waals surface area contributed by atoms with Crippen LogP contribution in [-0.4, -0.2) is 37.6 Å². The Morgan fingerprint density at radius 1 is 1.38 bits per heavy atom. The summed E-state index contributed by atoms with van der Waals surface area (Å²) in [5.74, 6) is 1.87. The molecule has 0 spiro atoms. The number of methoxy groups -OCH3 is 1. The van der Waals surface area contributed by atoms with Gasteiger partial charge < -0.3 is 10.1 Å². The fourth-order valence-electron chi connectivity index (χ4n) is 3.09. The highest BCUT2D eigenvalue weighted by atomic mass is 35.5. The number of amides is 1. The summed E-state index contributed by atoms with van der Waals surface area (Å²) in [4.78, 5) is 14.4. The second-order valence-electron chi connectivity index (χ2n) is 6.03. The summed E-state index contributed by atoms with van der Waals surface area (Å²) < 4.78 is 5.24. The molecule has 116 valence electrons. The monoisotopic (exact) mass is 310 g/mol. The van der Waals surface area contributed by atoms with E-state index in [1.807, 2.05) is 0 Å². The third-order valence-electron chi connectivity index (χ3n) is 3.75. The number of rotatable bonds is 4. The fraction of sp³-hybridized carbons (Fsp3) is 0.562. The minimum atomic E-state index is -0.0307. The van der Waals surface area contributed by atoms with Crippen molar-refractivity contribution in [2.24, 2.45) is 11.8 Å². The van der Waals surface area contributed by atoms with Gasteiger partial charge in [-0.05, 0) is 36.5 Å². The van der Waals surface area contributed by atoms with Crippen LogP contribution in [0.5, 0.6) is 5.75 Å². The summed E-state index contributed by atoms with van der Waals surface area (Å²) in [6, 6.07) is 5.20. The van der Waals surface area contributed by atoms with Crippen molar-refractivity contribution in [3.63, 3.8) is 0 Å². The zero-order chi connectivity index (χ0) is 15.4. The number of carbonyl (C=O) groups excluding carboxylic acids is 1. The maximum atomic E-state index is 12.2. The molecule has 21 heavy (non-hydrogen) atoms. The molecule has 1 aliphatic heterocycles. The quantitative estimate of drug-likeness (QED) is 0.928. The van der Waals surface area contributed by atoms with Gasteiger partial charge in [-0.2, -0.15) is 0 Å². The summed E-state index contributed by atoms with van der Waals surface area (Å²) in [5.41, 5.74) is 0.619. The number of halogens is 1. The smallest absolute Gasteiger partial charge is 0.238 e. The molecule has 0 saturated carbocycles. The summed E-state index contributed by atoms with van der Waals surface area (Å²) in [6.45, 7) is 6.83. The van der Waals surface area contributed by atoms with Crippen molar-refractivity contribution >= 4 is 23.2 Å². The molecular weight excluding hydrogens is 288 g/mol. The molecule has 1 saturated heterocycles. The van der Waals surface area contributed by atoms with Gasteiger partial charge in [0.25, 0.3) is 0 Å². The Balaban J connectivity index is 1.97. The van der Waals surface area contributed by atoms with Crippen molar-refractivity contribution in [3.8, 4) is 5.75 Å². The first kappa shape index (κ1) is 16.1. The summed E-state index contributed by atoms with van der Waals surface area (Å²) in [6.07, 6.45) is 1.24. The highest BCUT2D eigenvalue weighted by Crippen LogP contribution is 2.28. The van der Waals surface area contributed by atoms with E-state index in [1.54, 1.807) is 25.3 Å². The Labute approximate surface area is 131 Å². The number of likely N-dealkylation sites (tertiary alicyclic amines) is 1. The number of hydrogen-bond acceptors (Lipinski definition) is 3. The molecular formula is C16H23ClN2O2. The first-order valence-corrected chi connectivity index (χ1v) is 7.71. The zero-order valence-corrected chi connectivity index (χ0v) is 13.6. The Bertz CT molecular complexity index is 497. The molecule has 1 fully saturated rings. The summed E-state index contributed by atoms with van der Waals surface area (Å²) in [5, 5.41) is 3.46. The number of ether oxygens (including phenoxy) is 1. The second-order valence-corrected chi connectivity index (χ2v) is 6.47. The van der Waals surface area contributed by atoms with Crippen molar-refractivity contribution in [2.75, 3.05) is 32.1 Å². The van der Waals surface area contributed by atoms with Crippen LogP contribution >= 0.6 is 11.6 Å². The number of anilines is 1. The number of nitrogens with one attached hydrogen (secondary N) is 1. The van der Waals surface area contributed by atoms with E-state index in [4.69, 9.17) is 16.3 Å². The van der Waals surface area contributed by atoms with Crippen molar-refractivity contribution in [2.45, 2.75) is 20.3 Å². The molecule has 0 radical (unpaired) electrons. The van der Waals surface area contributed by atoms with Crippen LogP contribution in [0.25, 0.3) is 0 Å². The van der Waals surface area contributed by atoms with Crippen molar-refractivity contribution in [1.29, 1.82) is 0 Å². The van der Waals surface area contributed by atoms with E-state index in [0.29, 0.717) is 34.8 Å². The van der Waals surface area contributed by atoms with Gasteiger partial charge in [-0.15, -0.1) is 0 Å². The first-order valence-electron chi connectivity index (χ1n) is 7.33. The third kappa shape index (κ3) is 4.61. The number of piperidine rings is 1. The lowest BCUT2D eigenvalue weighted by molar-refractivity contribution is -0.117. The highest BCUT2D eigenvalue weighted by molar-refractivity contribution is 6.31. The van der Waals surface area contributed by atoms with Crippen molar-refractivity contribution < 1.29 is 9.53 Å². The maximum absolute atomic E-state index is 12.2. The van der Waals surface area contributed by atoms with Crippen LogP contribution < -0.4 is 10.1 Å². The number of hydrogen-bond donors (Lipinski definition) is 1. The molecule has 0 bridgehead atoms. The lowest BCUT2D eigenvalue weighted by Gasteiger charge is -2.34. The minimum absolute atomic E-state index is 0.0307. The Morgan fingerprint density at radius 2 is 2.05 bits per heavy atom. The van der Waals surface area contributed by atoms with E-state index in [9.17, 15) is 4.79 Å². The Kier molecular flexibility index (Phi) is 5.48. The topological polar surface area (TPSA) is 41.6 Å². The highest BCUT2D eigenvalue weighted by Gasteiger charge is 2.23. The zero-order valence-electron chi connectivity index (χ0n) is 12.9. The average molecular weight is 311 g/mol. The van der Waals surface area contributed by atoms with Gasteiger partial charge in [0.2, 0.25) is 5.91 Å². The first-order chi connectivity index (χ1) is 9.97. The minimum Gasteiger partial charge on any atom is -0.495 e. The van der Waals surface area contributed by atoms with E-state index in [-0.39, 0.29) is 5.91 Å². The molecule has 0 unspecified atom stereocenters. The van der Waals surface area contributed by atoms with E-state index in [2.05, 4.69) is 24.1 Å². The van der Waals surface area contributed by atoms with E-state index in [0.717, 1.165) is 13.1 Å². The molecule has 1 aromatic rings. The van der Waals surface area contributed by atoms with Crippen LogP contribution in [0.2, 0.25) is 5.02 Å². The van der Waals surface area contributed by atoms with Crippen molar-refractivity contribution in [1.82, 2.24) is 4.90 Å². The van der Waals surface area contributed by atoms with Crippen LogP contribution in [0.3, 0.4) is 0 Å². The predicted molar refractivity (Wildman–Crippen MR) is 86.0 cm³/mol. The number of benzene rings is 1. The van der Waals surface area contributed by atoms with Crippen LogP contribution in [-0.2, 0) is 4.79 Å². The Morgan fingerprint density at radius 3 is 2.67 bits per heavy atom. The lowest BCUT2D eigenvalue weighted by atomic mass is 9.92. The SMILES string of the molecule is COc1ccc(Cl)cc1NC(=O)CN1C[C@H](C)C[C@@H](C)C1. The van der Waals surface area contributed by atoms with Gasteiger partial charge in [0.15, 0.2) is 0 Å². The van der Waals surface area contributed by atoms with Crippen LogP contribution in [0.15, 0.2) is 18.2 Å². The molecule has 1 aliphatic rings. The number of nitrogens with zero attached hydrogens (tertiary/aromatic N) is 1. The molecule has 5 heteroatoms. The van der Waals surface area contributed by atoms with Crippen LogP contribution in [0, 0.1) is 11.8 Å². The normalized spacial score (nSPS) is 22.9. The van der Waals surface area contributed by atoms with E-state index in [1.165, 1.54) is 6.42 Å². The molecule has 2 rings (SSSR count). The Hall–Kier alpha value is -1.26. The third-order valence-corrected chi connectivity index (χ3v) is 3.98. The van der Waals surface area contributed by atoms with Gasteiger partial charge in [0.05, 0.1) is 19.3 Å². The average Bonchev–Trinajstić information content (AvgIpc) is 2.37. The van der Waals surface area contributed by atoms with Crippen LogP contribution in [0.1, 0.15) is 20.3 Å². The lowest BCUT2D eigenvalue weighted by Crippen LogP contribution is -2.42. The van der Waals surface area contributed by atoms with Crippen molar-refractivity contribution in [3.05, 3.63) is 23.2 Å². The standard InChI is InChI=1S/C16H23ClN2O2/c1-11-6-12(2)9-19(8-11)10-16(20)18-14-7-13(17)4-5-15(14)21-3/h4-5,7,11-12H,6,8-10H2,1-3H3,(H,18,20)/t11-,12-/m1/s1. The predicted octanol–water partition coefficient (Wildman–Crippen LogP) is 3.27. The molecule has 0 aromatic heterocycles. The molecule has 1 N–H and O–H groups in total. The van der Waals surface area contributed by atoms with Gasteiger partial charge in [0, 0.05) is 18.1 Å². The maximum Gasteiger partial charge on any atom is 0.238 e. The summed E-state index contributed by atoms with van der Waals surface area (Å²) >= 11 is 5.97. The molecule has 0 aliphatic carbocycles. The van der Waals surface area contributed by atoms with Gasteiger partial charge in [-0.1, -0.05) is 25.4 Å². The fourth-order valence-corrected chi connectivity index (χ4v) is 3.26. The molecule has 4 nitrogen and oxygen atoms in total. The van der Waals surface area contributed by atoms with Gasteiger partial charge in [-0.25, -0.2) is 0 Å². The van der Waals surface area contributed by atoms with Gasteiger partial charge in [0.1, 0.15) is 5.75 Å². The molecule has 1 aromatic carbocycles. The molecule has 2 atom stereocenters. The number of carbonyl (C=O) groups is 1. The van der Waals surface area contributed by atoms with Gasteiger partial charge in [-0.3, -0.25) is 9.69 Å². The van der Waals surface area contributed by atoms with Gasteiger partial charge >= 0.3 is 0 Å². The molecule has 1 heterocycles. The summed E-state index contributed by atoms with van der Waals surface area (Å²) in [7, 11) is 1.58.